The summed E-state index contributed by atoms with van der Waals surface area (Å²) in [4.78, 5) is 12.5. The van der Waals surface area contributed by atoms with Gasteiger partial charge in [0.1, 0.15) is 5.78 Å². The van der Waals surface area contributed by atoms with E-state index in [0.717, 1.165) is 0 Å². The maximum absolute atomic E-state index is 12.5. The Morgan fingerprint density at radius 1 is 0.913 bits per heavy atom. The second kappa shape index (κ2) is 7.36. The third-order valence-corrected chi connectivity index (χ3v) is 9.53. The number of rotatable bonds is 6. The molecule has 0 aliphatic rings. The van der Waals surface area contributed by atoms with Crippen LogP contribution in [0.3, 0.4) is 0 Å². The normalized spacial score (nSPS) is 17.0. The zero-order chi connectivity index (χ0) is 18.9. The van der Waals surface area contributed by atoms with Crippen molar-refractivity contribution in [3.05, 3.63) is 0 Å². The zero-order valence-corrected chi connectivity index (χ0v) is 18.3. The molecule has 4 heteroatoms. The minimum atomic E-state index is -1.94. The molecule has 0 aromatic carbocycles. The monoisotopic (exact) mass is 344 g/mol. The van der Waals surface area contributed by atoms with Crippen molar-refractivity contribution in [3.63, 3.8) is 0 Å². The van der Waals surface area contributed by atoms with Crippen LogP contribution < -0.4 is 0 Å². The molecular formula is C19H40O3Si. The summed E-state index contributed by atoms with van der Waals surface area (Å²) in [7, 11) is -1.94. The van der Waals surface area contributed by atoms with E-state index in [0.29, 0.717) is 6.42 Å². The second-order valence-electron chi connectivity index (χ2n) is 10.6. The van der Waals surface area contributed by atoms with Crippen LogP contribution in [-0.4, -0.2) is 31.4 Å². The lowest BCUT2D eigenvalue weighted by Gasteiger charge is -2.43. The molecular weight excluding hydrogens is 304 g/mol. The van der Waals surface area contributed by atoms with Gasteiger partial charge in [-0.3, -0.25) is 4.79 Å². The maximum atomic E-state index is 12.5. The molecule has 0 unspecified atom stereocenters. The number of carbonyl (C=O) groups is 1. The number of hydrogen-bond donors (Lipinski definition) is 1. The molecule has 0 aromatic rings. The summed E-state index contributed by atoms with van der Waals surface area (Å²) in [5.74, 6) is 0.0889. The fourth-order valence-corrected chi connectivity index (χ4v) is 3.37. The van der Waals surface area contributed by atoms with Gasteiger partial charge in [0.05, 0.1) is 12.2 Å². The number of Topliss-reactive ketones (excluding diaryl/α,β-unsaturated/α-hetero) is 1. The highest BCUT2D eigenvalue weighted by Gasteiger charge is 2.42. The van der Waals surface area contributed by atoms with Crippen LogP contribution in [0, 0.1) is 10.8 Å². The van der Waals surface area contributed by atoms with Gasteiger partial charge in [0.2, 0.25) is 0 Å². The first kappa shape index (κ1) is 22.8. The Morgan fingerprint density at radius 3 is 1.65 bits per heavy atom. The summed E-state index contributed by atoms with van der Waals surface area (Å²) < 4.78 is 6.54. The minimum Gasteiger partial charge on any atom is -0.413 e. The Morgan fingerprint density at radius 2 is 1.35 bits per heavy atom. The lowest BCUT2D eigenvalue weighted by Crippen LogP contribution is -2.48. The average Bonchev–Trinajstić information content (AvgIpc) is 2.23. The van der Waals surface area contributed by atoms with Gasteiger partial charge in [0, 0.05) is 12.8 Å². The van der Waals surface area contributed by atoms with E-state index in [9.17, 15) is 9.90 Å². The van der Waals surface area contributed by atoms with Crippen LogP contribution in [0.15, 0.2) is 0 Å². The molecule has 1 N–H and O–H groups in total. The highest BCUT2D eigenvalue weighted by molar-refractivity contribution is 6.74. The van der Waals surface area contributed by atoms with E-state index in [-0.39, 0.29) is 34.2 Å². The third-order valence-electron chi connectivity index (χ3n) is 5.04. The molecule has 0 spiro atoms. The van der Waals surface area contributed by atoms with Crippen molar-refractivity contribution in [1.82, 2.24) is 0 Å². The lowest BCUT2D eigenvalue weighted by molar-refractivity contribution is -0.125. The lowest BCUT2D eigenvalue weighted by atomic mass is 9.82. The molecule has 0 saturated heterocycles. The van der Waals surface area contributed by atoms with Gasteiger partial charge in [-0.25, -0.2) is 0 Å². The van der Waals surface area contributed by atoms with Gasteiger partial charge < -0.3 is 9.53 Å². The van der Waals surface area contributed by atoms with Crippen LogP contribution in [0.2, 0.25) is 18.1 Å². The van der Waals surface area contributed by atoms with Gasteiger partial charge in [-0.1, -0.05) is 62.3 Å². The summed E-state index contributed by atoms with van der Waals surface area (Å²) in [6.45, 7) is 23.3. The number of aliphatic hydroxyl groups excluding tert-OH is 1. The molecule has 0 bridgehead atoms. The van der Waals surface area contributed by atoms with E-state index in [1.165, 1.54) is 0 Å². The molecule has 23 heavy (non-hydrogen) atoms. The molecule has 0 rings (SSSR count). The topological polar surface area (TPSA) is 46.5 Å². The van der Waals surface area contributed by atoms with Crippen molar-refractivity contribution in [2.45, 2.75) is 105 Å². The molecule has 0 saturated carbocycles. The van der Waals surface area contributed by atoms with Crippen LogP contribution >= 0.6 is 0 Å². The molecule has 0 heterocycles. The van der Waals surface area contributed by atoms with Crippen LogP contribution in [0.5, 0.6) is 0 Å². The number of hydrogen-bond acceptors (Lipinski definition) is 3. The van der Waals surface area contributed by atoms with Gasteiger partial charge in [-0.2, -0.15) is 0 Å². The van der Waals surface area contributed by atoms with Crippen LogP contribution in [0.1, 0.15) is 75.2 Å². The van der Waals surface area contributed by atoms with Crippen LogP contribution in [0.4, 0.5) is 0 Å². The van der Waals surface area contributed by atoms with Crippen LogP contribution in [0.25, 0.3) is 0 Å². The summed E-state index contributed by atoms with van der Waals surface area (Å²) in [6.07, 6.45) is -0.133. The van der Waals surface area contributed by atoms with E-state index in [4.69, 9.17) is 4.43 Å². The fraction of sp³-hybridized carbons (Fsp3) is 0.947. The van der Waals surface area contributed by atoms with Crippen molar-refractivity contribution >= 4 is 14.1 Å². The average molecular weight is 345 g/mol. The Hall–Kier alpha value is -0.193. The van der Waals surface area contributed by atoms with Gasteiger partial charge in [0.25, 0.3) is 0 Å². The molecule has 3 nitrogen and oxygen atoms in total. The summed E-state index contributed by atoms with van der Waals surface area (Å²) >= 11 is 0. The molecule has 0 fully saturated rings. The first-order valence-corrected chi connectivity index (χ1v) is 11.7. The Bertz CT molecular complexity index is 394. The van der Waals surface area contributed by atoms with Gasteiger partial charge in [-0.15, -0.1) is 0 Å². The minimum absolute atomic E-state index is 0.0889. The predicted molar refractivity (Wildman–Crippen MR) is 101 cm³/mol. The standard InChI is InChI=1S/C19H40O3Si/c1-17(2,3)15(21)12-14(20)13-16(18(4,5)6)22-23(10,11)19(7,8)9/h15-16,21H,12-13H2,1-11H3/t15-,16-/m1/s1. The quantitative estimate of drug-likeness (QED) is 0.675. The Balaban J connectivity index is 5.07. The highest BCUT2D eigenvalue weighted by Crippen LogP contribution is 2.40. The van der Waals surface area contributed by atoms with E-state index in [1.807, 2.05) is 20.8 Å². The number of carbonyl (C=O) groups excluding carboxylic acids is 1. The zero-order valence-electron chi connectivity index (χ0n) is 17.3. The van der Waals surface area contributed by atoms with Crippen molar-refractivity contribution in [1.29, 1.82) is 0 Å². The summed E-state index contributed by atoms with van der Waals surface area (Å²) in [6, 6.07) is 0. The molecule has 0 aliphatic heterocycles. The smallest absolute Gasteiger partial charge is 0.192 e. The molecule has 0 amide bonds. The SMILES string of the molecule is CC(C)(C)[C@H](O)CC(=O)C[C@@H](O[Si](C)(C)C(C)(C)C)C(C)(C)C. The van der Waals surface area contributed by atoms with E-state index < -0.39 is 14.4 Å². The number of aliphatic hydroxyl groups is 1. The third kappa shape index (κ3) is 7.49. The molecule has 0 aliphatic carbocycles. The van der Waals surface area contributed by atoms with Crippen molar-refractivity contribution in [2.24, 2.45) is 10.8 Å². The molecule has 2 atom stereocenters. The molecule has 138 valence electrons. The molecule has 0 radical (unpaired) electrons. The first-order valence-electron chi connectivity index (χ1n) is 8.75. The van der Waals surface area contributed by atoms with Crippen molar-refractivity contribution in [3.8, 4) is 0 Å². The van der Waals surface area contributed by atoms with Crippen molar-refractivity contribution < 1.29 is 14.3 Å². The van der Waals surface area contributed by atoms with E-state index >= 15 is 0 Å². The first-order chi connectivity index (χ1) is 9.88. The van der Waals surface area contributed by atoms with Crippen molar-refractivity contribution in [2.75, 3.05) is 0 Å². The van der Waals surface area contributed by atoms with Crippen LogP contribution in [-0.2, 0) is 9.22 Å². The maximum Gasteiger partial charge on any atom is 0.192 e. The van der Waals surface area contributed by atoms with Gasteiger partial charge >= 0.3 is 0 Å². The number of ketones is 1. The largest absolute Gasteiger partial charge is 0.413 e. The van der Waals surface area contributed by atoms with Gasteiger partial charge in [-0.05, 0) is 29.0 Å². The Labute approximate surface area is 145 Å². The van der Waals surface area contributed by atoms with E-state index in [1.54, 1.807) is 0 Å². The highest BCUT2D eigenvalue weighted by atomic mass is 28.4. The van der Waals surface area contributed by atoms with Gasteiger partial charge in [0.15, 0.2) is 8.32 Å². The predicted octanol–water partition coefficient (Wildman–Crippen LogP) is 5.18. The second-order valence-corrected chi connectivity index (χ2v) is 15.3. The Kier molecular flexibility index (Phi) is 7.30. The summed E-state index contributed by atoms with van der Waals surface area (Å²) in [5, 5.41) is 10.3. The fourth-order valence-electron chi connectivity index (χ4n) is 1.87. The summed E-state index contributed by atoms with van der Waals surface area (Å²) in [5.41, 5.74) is -0.370. The van der Waals surface area contributed by atoms with E-state index in [2.05, 4.69) is 54.6 Å². The molecule has 0 aromatic heterocycles.